The van der Waals surface area contributed by atoms with E-state index in [0.717, 1.165) is 19.4 Å². The molecule has 5 nitrogen and oxygen atoms in total. The average molecular weight is 373 g/mol. The van der Waals surface area contributed by atoms with Crippen LogP contribution in [0.25, 0.3) is 16.2 Å². The molecule has 0 saturated carbocycles. The Balaban J connectivity index is 1.63. The second-order valence-electron chi connectivity index (χ2n) is 6.36. The zero-order valence-electron chi connectivity index (χ0n) is 14.5. The van der Waals surface area contributed by atoms with E-state index in [9.17, 15) is 9.18 Å². The van der Waals surface area contributed by atoms with Crippen LogP contribution in [-0.2, 0) is 4.74 Å². The zero-order valence-corrected chi connectivity index (χ0v) is 15.3. The Morgan fingerprint density at radius 3 is 3.04 bits per heavy atom. The van der Waals surface area contributed by atoms with Crippen LogP contribution in [0, 0.1) is 5.82 Å². The number of thiazole rings is 1. The van der Waals surface area contributed by atoms with Crippen molar-refractivity contribution in [1.82, 2.24) is 14.3 Å². The molecule has 7 heteroatoms. The number of benzene rings is 1. The number of carbonyl (C=O) groups excluding carboxylic acids is 1. The first kappa shape index (κ1) is 17.2. The van der Waals surface area contributed by atoms with Crippen molar-refractivity contribution in [2.75, 3.05) is 19.7 Å². The molecule has 3 heterocycles. The molecular formula is C19H20FN3O2S. The lowest BCUT2D eigenvalue weighted by atomic mass is 10.1. The van der Waals surface area contributed by atoms with Crippen LogP contribution in [0.15, 0.2) is 35.8 Å². The maximum Gasteiger partial charge on any atom is 0.271 e. The van der Waals surface area contributed by atoms with Gasteiger partial charge in [-0.15, -0.1) is 11.3 Å². The van der Waals surface area contributed by atoms with E-state index in [4.69, 9.17) is 4.74 Å². The largest absolute Gasteiger partial charge is 0.376 e. The summed E-state index contributed by atoms with van der Waals surface area (Å²) in [6.45, 7) is 3.95. The Hall–Kier alpha value is -2.25. The molecule has 1 aromatic carbocycles. The number of halogens is 1. The third-order valence-corrected chi connectivity index (χ3v) is 5.53. The molecule has 0 N–H and O–H groups in total. The lowest BCUT2D eigenvalue weighted by molar-refractivity contribution is 0.0534. The summed E-state index contributed by atoms with van der Waals surface area (Å²) in [4.78, 5) is 20.0. The third-order valence-electron chi connectivity index (χ3n) is 4.69. The van der Waals surface area contributed by atoms with Crippen molar-refractivity contribution in [3.63, 3.8) is 0 Å². The smallest absolute Gasteiger partial charge is 0.271 e. The SMILES string of the molecule is CCN(C[C@@H]1CCCO1)C(=O)c1csc2nc(-c3ccccc3F)cn12. The zero-order chi connectivity index (χ0) is 18.1. The molecule has 1 aliphatic rings. The predicted molar refractivity (Wildman–Crippen MR) is 99.0 cm³/mol. The van der Waals surface area contributed by atoms with E-state index in [0.29, 0.717) is 35.0 Å². The van der Waals surface area contributed by atoms with Gasteiger partial charge in [-0.25, -0.2) is 9.37 Å². The molecule has 1 fully saturated rings. The molecule has 0 aliphatic carbocycles. The number of hydrogen-bond acceptors (Lipinski definition) is 4. The number of amides is 1. The third kappa shape index (κ3) is 3.12. The Morgan fingerprint density at radius 1 is 1.46 bits per heavy atom. The van der Waals surface area contributed by atoms with E-state index in [2.05, 4.69) is 4.98 Å². The molecule has 136 valence electrons. The molecule has 1 amide bonds. The van der Waals surface area contributed by atoms with E-state index < -0.39 is 0 Å². The van der Waals surface area contributed by atoms with E-state index in [1.165, 1.54) is 17.4 Å². The summed E-state index contributed by atoms with van der Waals surface area (Å²) in [6.07, 6.45) is 3.89. The minimum absolute atomic E-state index is 0.0493. The number of fused-ring (bicyclic) bond motifs is 1. The second kappa shape index (κ2) is 7.17. The van der Waals surface area contributed by atoms with E-state index in [1.807, 2.05) is 12.3 Å². The number of imidazole rings is 1. The molecule has 0 radical (unpaired) electrons. The van der Waals surface area contributed by atoms with E-state index >= 15 is 0 Å². The Bertz CT molecular complexity index is 930. The molecule has 0 unspecified atom stereocenters. The summed E-state index contributed by atoms with van der Waals surface area (Å²) in [5, 5.41) is 1.81. The van der Waals surface area contributed by atoms with Gasteiger partial charge in [0.2, 0.25) is 0 Å². The molecular weight excluding hydrogens is 353 g/mol. The van der Waals surface area contributed by atoms with Gasteiger partial charge in [0.15, 0.2) is 4.96 Å². The molecule has 4 rings (SSSR count). The van der Waals surface area contributed by atoms with Crippen LogP contribution in [0.4, 0.5) is 4.39 Å². The highest BCUT2D eigenvalue weighted by Crippen LogP contribution is 2.26. The van der Waals surface area contributed by atoms with Crippen LogP contribution < -0.4 is 0 Å². The van der Waals surface area contributed by atoms with Crippen molar-refractivity contribution >= 4 is 22.2 Å². The van der Waals surface area contributed by atoms with Gasteiger partial charge in [-0.2, -0.15) is 0 Å². The molecule has 1 saturated heterocycles. The van der Waals surface area contributed by atoms with E-state index in [-0.39, 0.29) is 17.8 Å². The fraction of sp³-hybridized carbons (Fsp3) is 0.368. The minimum Gasteiger partial charge on any atom is -0.376 e. The summed E-state index contributed by atoms with van der Waals surface area (Å²) in [5.41, 5.74) is 1.53. The molecule has 3 aromatic rings. The van der Waals surface area contributed by atoms with Crippen LogP contribution in [0.3, 0.4) is 0 Å². The Labute approximate surface area is 155 Å². The second-order valence-corrected chi connectivity index (χ2v) is 7.19. The predicted octanol–water partition coefficient (Wildman–Crippen LogP) is 3.84. The molecule has 2 aromatic heterocycles. The van der Waals surface area contributed by atoms with Crippen LogP contribution in [-0.4, -0.2) is 46.0 Å². The quantitative estimate of drug-likeness (QED) is 0.683. The number of aromatic nitrogens is 2. The molecule has 1 atom stereocenters. The number of hydrogen-bond donors (Lipinski definition) is 0. The number of nitrogens with zero attached hydrogens (tertiary/aromatic N) is 3. The minimum atomic E-state index is -0.320. The average Bonchev–Trinajstić information content (AvgIpc) is 3.36. The molecule has 26 heavy (non-hydrogen) atoms. The molecule has 0 bridgehead atoms. The van der Waals surface area contributed by atoms with Crippen LogP contribution in [0.2, 0.25) is 0 Å². The van der Waals surface area contributed by atoms with E-state index in [1.54, 1.807) is 33.7 Å². The van der Waals surface area contributed by atoms with Crippen molar-refractivity contribution in [3.8, 4) is 11.3 Å². The first-order valence-corrected chi connectivity index (χ1v) is 9.67. The highest BCUT2D eigenvalue weighted by atomic mass is 32.1. The Kier molecular flexibility index (Phi) is 4.74. The van der Waals surface area contributed by atoms with Gasteiger partial charge in [0, 0.05) is 36.8 Å². The fourth-order valence-corrected chi connectivity index (χ4v) is 4.14. The van der Waals surface area contributed by atoms with Crippen LogP contribution in [0.5, 0.6) is 0 Å². The topological polar surface area (TPSA) is 46.8 Å². The van der Waals surface area contributed by atoms with Gasteiger partial charge in [-0.3, -0.25) is 9.20 Å². The van der Waals surface area contributed by atoms with Gasteiger partial charge in [-0.05, 0) is 31.9 Å². The highest BCUT2D eigenvalue weighted by molar-refractivity contribution is 7.15. The maximum atomic E-state index is 14.0. The van der Waals surface area contributed by atoms with Gasteiger partial charge in [-0.1, -0.05) is 12.1 Å². The summed E-state index contributed by atoms with van der Waals surface area (Å²) in [6, 6.07) is 6.53. The number of carbonyl (C=O) groups is 1. The van der Waals surface area contributed by atoms with Gasteiger partial charge in [0.1, 0.15) is 11.5 Å². The summed E-state index contributed by atoms with van der Waals surface area (Å²) < 4.78 is 21.5. The first-order valence-electron chi connectivity index (χ1n) is 8.79. The number of rotatable bonds is 5. The van der Waals surface area contributed by atoms with Crippen molar-refractivity contribution in [2.45, 2.75) is 25.9 Å². The molecule has 0 spiro atoms. The highest BCUT2D eigenvalue weighted by Gasteiger charge is 2.25. The summed E-state index contributed by atoms with van der Waals surface area (Å²) >= 11 is 1.38. The normalized spacial score (nSPS) is 17.1. The van der Waals surface area contributed by atoms with Gasteiger partial charge >= 0.3 is 0 Å². The van der Waals surface area contributed by atoms with Gasteiger partial charge in [0.25, 0.3) is 5.91 Å². The van der Waals surface area contributed by atoms with Crippen molar-refractivity contribution in [1.29, 1.82) is 0 Å². The lowest BCUT2D eigenvalue weighted by Gasteiger charge is -2.23. The van der Waals surface area contributed by atoms with Gasteiger partial charge < -0.3 is 9.64 Å². The van der Waals surface area contributed by atoms with Crippen molar-refractivity contribution in [3.05, 3.63) is 47.4 Å². The monoisotopic (exact) mass is 373 g/mol. The molecule has 1 aliphatic heterocycles. The standard InChI is InChI=1S/C19H20FN3O2S/c1-2-22(10-13-6-5-9-25-13)18(24)17-12-26-19-21-16(11-23(17)19)14-7-3-4-8-15(14)20/h3-4,7-8,11-13H,2,5-6,9-10H2,1H3/t13-/m0/s1. The summed E-state index contributed by atoms with van der Waals surface area (Å²) in [7, 11) is 0. The first-order chi connectivity index (χ1) is 12.7. The Morgan fingerprint density at radius 2 is 2.31 bits per heavy atom. The van der Waals surface area contributed by atoms with Crippen molar-refractivity contribution < 1.29 is 13.9 Å². The van der Waals surface area contributed by atoms with Crippen LogP contribution >= 0.6 is 11.3 Å². The number of likely N-dealkylation sites (N-methyl/N-ethyl adjacent to an activating group) is 1. The lowest BCUT2D eigenvalue weighted by Crippen LogP contribution is -2.37. The van der Waals surface area contributed by atoms with Gasteiger partial charge in [0.05, 0.1) is 11.8 Å². The van der Waals surface area contributed by atoms with Crippen molar-refractivity contribution in [2.24, 2.45) is 0 Å². The summed E-state index contributed by atoms with van der Waals surface area (Å²) in [5.74, 6) is -0.369. The number of ether oxygens (including phenoxy) is 1. The maximum absolute atomic E-state index is 14.0. The van der Waals surface area contributed by atoms with Crippen LogP contribution in [0.1, 0.15) is 30.3 Å². The fourth-order valence-electron chi connectivity index (χ4n) is 3.29.